The van der Waals surface area contributed by atoms with Gasteiger partial charge in [-0.3, -0.25) is 0 Å². The summed E-state index contributed by atoms with van der Waals surface area (Å²) in [5.41, 5.74) is 2.05. The maximum absolute atomic E-state index is 5.43. The van der Waals surface area contributed by atoms with Gasteiger partial charge in [-0.05, 0) is 12.1 Å². The number of rotatable bonds is 4. The molecular weight excluding hydrogens is 232 g/mol. The Morgan fingerprint density at radius 1 is 1.33 bits per heavy atom. The van der Waals surface area contributed by atoms with Gasteiger partial charge in [0.15, 0.2) is 6.29 Å². The highest BCUT2D eigenvalue weighted by atomic mass is 16.7. The van der Waals surface area contributed by atoms with Crippen molar-refractivity contribution in [2.45, 2.75) is 19.3 Å². The Hall–Kier alpha value is -1.59. The van der Waals surface area contributed by atoms with Crippen LogP contribution in [0.15, 0.2) is 24.4 Å². The van der Waals surface area contributed by atoms with Crippen LogP contribution in [-0.4, -0.2) is 36.2 Å². The van der Waals surface area contributed by atoms with E-state index < -0.39 is 0 Å². The van der Waals surface area contributed by atoms with Crippen LogP contribution in [0.3, 0.4) is 0 Å². The summed E-state index contributed by atoms with van der Waals surface area (Å²) in [7, 11) is 1.62. The van der Waals surface area contributed by atoms with E-state index in [1.54, 1.807) is 7.11 Å². The average Bonchev–Trinajstić information content (AvgIpc) is 3.05. The van der Waals surface area contributed by atoms with Crippen LogP contribution in [0.1, 0.15) is 6.42 Å². The van der Waals surface area contributed by atoms with Crippen molar-refractivity contribution in [2.24, 2.45) is 0 Å². The third-order valence-electron chi connectivity index (χ3n) is 3.10. The summed E-state index contributed by atoms with van der Waals surface area (Å²) in [4.78, 5) is 4.39. The minimum Gasteiger partial charge on any atom is -0.481 e. The summed E-state index contributed by atoms with van der Waals surface area (Å²) in [6, 6.07) is 5.90. The summed E-state index contributed by atoms with van der Waals surface area (Å²) in [5.74, 6) is 0.641. The first kappa shape index (κ1) is 11.5. The molecule has 0 spiro atoms. The van der Waals surface area contributed by atoms with Gasteiger partial charge < -0.3 is 18.8 Å². The molecule has 0 aliphatic carbocycles. The van der Waals surface area contributed by atoms with Crippen LogP contribution in [0.2, 0.25) is 0 Å². The first-order valence-corrected chi connectivity index (χ1v) is 6.10. The van der Waals surface area contributed by atoms with Gasteiger partial charge in [-0.25, -0.2) is 4.98 Å². The molecule has 0 saturated carbocycles. The molecule has 5 nitrogen and oxygen atoms in total. The minimum absolute atomic E-state index is 0.0614. The van der Waals surface area contributed by atoms with E-state index in [1.807, 2.05) is 24.4 Å². The van der Waals surface area contributed by atoms with Gasteiger partial charge in [-0.2, -0.15) is 0 Å². The number of aryl methyl sites for hydroxylation is 1. The van der Waals surface area contributed by atoms with Crippen molar-refractivity contribution in [2.75, 3.05) is 20.3 Å². The first-order chi connectivity index (χ1) is 8.86. The summed E-state index contributed by atoms with van der Waals surface area (Å²) >= 11 is 0. The van der Waals surface area contributed by atoms with Gasteiger partial charge >= 0.3 is 0 Å². The van der Waals surface area contributed by atoms with Crippen LogP contribution in [0.5, 0.6) is 5.88 Å². The van der Waals surface area contributed by atoms with E-state index in [1.165, 1.54) is 0 Å². The topological polar surface area (TPSA) is 45.5 Å². The fraction of sp³-hybridized carbons (Fsp3) is 0.462. The maximum Gasteiger partial charge on any atom is 0.213 e. The van der Waals surface area contributed by atoms with Crippen LogP contribution in [0.25, 0.3) is 11.0 Å². The van der Waals surface area contributed by atoms with Crippen molar-refractivity contribution in [3.63, 3.8) is 0 Å². The van der Waals surface area contributed by atoms with Crippen molar-refractivity contribution in [1.29, 1.82) is 0 Å². The number of nitrogens with zero attached hydrogens (tertiary/aromatic N) is 2. The van der Waals surface area contributed by atoms with Gasteiger partial charge in [0.2, 0.25) is 5.88 Å². The molecule has 1 saturated heterocycles. The normalized spacial score (nSPS) is 16.5. The molecule has 0 amide bonds. The second-order valence-corrected chi connectivity index (χ2v) is 4.23. The van der Waals surface area contributed by atoms with E-state index >= 15 is 0 Å². The molecule has 1 fully saturated rings. The van der Waals surface area contributed by atoms with Crippen LogP contribution in [0, 0.1) is 0 Å². The SMILES string of the molecule is COc1ccc2c(ccn2CCC2OCCO2)n1. The highest BCUT2D eigenvalue weighted by molar-refractivity contribution is 5.76. The minimum atomic E-state index is -0.0614. The summed E-state index contributed by atoms with van der Waals surface area (Å²) < 4.78 is 18.1. The van der Waals surface area contributed by atoms with Crippen molar-refractivity contribution in [3.8, 4) is 5.88 Å². The quantitative estimate of drug-likeness (QED) is 0.827. The van der Waals surface area contributed by atoms with Crippen LogP contribution >= 0.6 is 0 Å². The Kier molecular flexibility index (Phi) is 3.17. The predicted octanol–water partition coefficient (Wildman–Crippen LogP) is 1.81. The number of aromatic nitrogens is 2. The standard InChI is InChI=1S/C13H16N2O3/c1-16-12-3-2-11-10(14-12)4-6-15(11)7-5-13-17-8-9-18-13/h2-4,6,13H,5,7-9H2,1H3. The highest BCUT2D eigenvalue weighted by Crippen LogP contribution is 2.19. The zero-order chi connectivity index (χ0) is 12.4. The van der Waals surface area contributed by atoms with Gasteiger partial charge in [0.05, 0.1) is 31.4 Å². The molecule has 3 heterocycles. The van der Waals surface area contributed by atoms with Gasteiger partial charge in [-0.15, -0.1) is 0 Å². The largest absolute Gasteiger partial charge is 0.481 e. The molecule has 3 rings (SSSR count). The van der Waals surface area contributed by atoms with Crippen molar-refractivity contribution in [1.82, 2.24) is 9.55 Å². The molecule has 0 bridgehead atoms. The highest BCUT2D eigenvalue weighted by Gasteiger charge is 2.15. The molecule has 1 aliphatic rings. The summed E-state index contributed by atoms with van der Waals surface area (Å²) in [6.07, 6.45) is 2.83. The molecule has 0 N–H and O–H groups in total. The van der Waals surface area contributed by atoms with E-state index in [4.69, 9.17) is 14.2 Å². The zero-order valence-electron chi connectivity index (χ0n) is 10.3. The van der Waals surface area contributed by atoms with Gasteiger partial charge in [0.25, 0.3) is 0 Å². The molecule has 96 valence electrons. The predicted molar refractivity (Wildman–Crippen MR) is 66.6 cm³/mol. The maximum atomic E-state index is 5.43. The number of hydrogen-bond donors (Lipinski definition) is 0. The molecule has 5 heteroatoms. The second-order valence-electron chi connectivity index (χ2n) is 4.23. The molecule has 0 aromatic carbocycles. The molecule has 0 unspecified atom stereocenters. The molecule has 2 aromatic rings. The number of methoxy groups -OCH3 is 1. The number of pyridine rings is 1. The lowest BCUT2D eigenvalue weighted by Gasteiger charge is -2.10. The average molecular weight is 248 g/mol. The fourth-order valence-electron chi connectivity index (χ4n) is 2.18. The van der Waals surface area contributed by atoms with Crippen LogP contribution in [-0.2, 0) is 16.0 Å². The molecule has 0 atom stereocenters. The fourth-order valence-corrected chi connectivity index (χ4v) is 2.18. The summed E-state index contributed by atoms with van der Waals surface area (Å²) in [5, 5.41) is 0. The van der Waals surface area contributed by atoms with Gasteiger partial charge in [-0.1, -0.05) is 0 Å². The van der Waals surface area contributed by atoms with Gasteiger partial charge in [0.1, 0.15) is 0 Å². The third-order valence-corrected chi connectivity index (χ3v) is 3.10. The Morgan fingerprint density at radius 2 is 2.17 bits per heavy atom. The monoisotopic (exact) mass is 248 g/mol. The van der Waals surface area contributed by atoms with Gasteiger partial charge in [0, 0.05) is 25.2 Å². The van der Waals surface area contributed by atoms with Crippen molar-refractivity contribution < 1.29 is 14.2 Å². The molecule has 1 aliphatic heterocycles. The molecule has 18 heavy (non-hydrogen) atoms. The smallest absolute Gasteiger partial charge is 0.213 e. The number of ether oxygens (including phenoxy) is 3. The van der Waals surface area contributed by atoms with E-state index in [-0.39, 0.29) is 6.29 Å². The number of fused-ring (bicyclic) bond motifs is 1. The Bertz CT molecular complexity index is 532. The number of hydrogen-bond acceptors (Lipinski definition) is 4. The lowest BCUT2D eigenvalue weighted by atomic mass is 10.3. The lowest BCUT2D eigenvalue weighted by Crippen LogP contribution is -2.11. The molecular formula is C13H16N2O3. The van der Waals surface area contributed by atoms with Crippen LogP contribution in [0.4, 0.5) is 0 Å². The Morgan fingerprint density at radius 3 is 2.94 bits per heavy atom. The van der Waals surface area contributed by atoms with Crippen LogP contribution < -0.4 is 4.74 Å². The molecule has 2 aromatic heterocycles. The van der Waals surface area contributed by atoms with Crippen molar-refractivity contribution >= 4 is 11.0 Å². The van der Waals surface area contributed by atoms with E-state index in [9.17, 15) is 0 Å². The van der Waals surface area contributed by atoms with E-state index in [0.29, 0.717) is 19.1 Å². The summed E-state index contributed by atoms with van der Waals surface area (Å²) in [6.45, 7) is 2.27. The van der Waals surface area contributed by atoms with E-state index in [2.05, 4.69) is 9.55 Å². The Balaban J connectivity index is 1.75. The zero-order valence-corrected chi connectivity index (χ0v) is 10.3. The van der Waals surface area contributed by atoms with Crippen molar-refractivity contribution in [3.05, 3.63) is 24.4 Å². The third kappa shape index (κ3) is 2.19. The molecule has 0 radical (unpaired) electrons. The second kappa shape index (κ2) is 4.96. The lowest BCUT2D eigenvalue weighted by molar-refractivity contribution is -0.0488. The Labute approximate surface area is 105 Å². The first-order valence-electron chi connectivity index (χ1n) is 6.10. The van der Waals surface area contributed by atoms with E-state index in [0.717, 1.165) is 24.0 Å².